The number of nitriles is 1. The first-order valence-electron chi connectivity index (χ1n) is 12.3. The highest BCUT2D eigenvalue weighted by atomic mass is 35.5. The lowest BCUT2D eigenvalue weighted by Crippen LogP contribution is -2.37. The summed E-state index contributed by atoms with van der Waals surface area (Å²) >= 11 is 6.15. The molecule has 0 spiro atoms. The number of hydrogen-bond donors (Lipinski definition) is 2. The molecule has 0 saturated heterocycles. The van der Waals surface area contributed by atoms with Crippen LogP contribution in [0.25, 0.3) is 11.3 Å². The molecule has 0 fully saturated rings. The van der Waals surface area contributed by atoms with Gasteiger partial charge in [0.1, 0.15) is 11.8 Å². The predicted octanol–water partition coefficient (Wildman–Crippen LogP) is 4.75. The lowest BCUT2D eigenvalue weighted by Gasteiger charge is -2.14. The number of aromatic amines is 1. The molecule has 2 N–H and O–H groups in total. The highest BCUT2D eigenvalue weighted by molar-refractivity contribution is 6.32. The summed E-state index contributed by atoms with van der Waals surface area (Å²) < 4.78 is 2.84. The molecule has 3 aromatic heterocycles. The van der Waals surface area contributed by atoms with Crippen LogP contribution in [-0.4, -0.2) is 47.6 Å². The van der Waals surface area contributed by atoms with E-state index >= 15 is 0 Å². The van der Waals surface area contributed by atoms with Crippen molar-refractivity contribution in [3.8, 4) is 17.3 Å². The van der Waals surface area contributed by atoms with Crippen LogP contribution in [-0.2, 0) is 6.54 Å². The first-order valence-corrected chi connectivity index (χ1v) is 12.7. The van der Waals surface area contributed by atoms with Crippen LogP contribution in [0.4, 0.5) is 0 Å². The van der Waals surface area contributed by atoms with Gasteiger partial charge >= 0.3 is 0 Å². The molecular weight excluding hydrogens is 504 g/mol. The average Bonchev–Trinajstić information content (AvgIpc) is 3.63. The van der Waals surface area contributed by atoms with Crippen molar-refractivity contribution in [2.24, 2.45) is 0 Å². The minimum Gasteiger partial charge on any atom is -0.346 e. The van der Waals surface area contributed by atoms with Gasteiger partial charge in [0, 0.05) is 23.5 Å². The van der Waals surface area contributed by atoms with Crippen LogP contribution < -0.4 is 5.32 Å². The Bertz CT molecular complexity index is 1520. The van der Waals surface area contributed by atoms with Gasteiger partial charge in [-0.3, -0.25) is 19.4 Å². The van der Waals surface area contributed by atoms with Crippen LogP contribution in [0.15, 0.2) is 42.6 Å². The molecule has 1 amide bonds. The summed E-state index contributed by atoms with van der Waals surface area (Å²) in [5, 5.41) is 28.4. The van der Waals surface area contributed by atoms with E-state index in [1.54, 1.807) is 41.2 Å². The van der Waals surface area contributed by atoms with Crippen molar-refractivity contribution < 1.29 is 9.59 Å². The summed E-state index contributed by atoms with van der Waals surface area (Å²) in [4.78, 5) is 26.5. The standard InChI is InChI=1S/C27H29ClN8O2/c1-15(2)22-11-24(32-31-22)27(38)36-25(12-23(34-36)16(3)4)26(37)30-17(5)14-35-9-8-21(33-35)18-6-7-19(13-29)20(28)10-18/h6-12,15-17H,14H2,1-5H3,(H,30,37)(H,31,32)/t17-/m0/s1. The number of benzene rings is 1. The number of carbonyl (C=O) groups excluding carboxylic acids is 2. The van der Waals surface area contributed by atoms with Gasteiger partial charge in [-0.2, -0.15) is 25.2 Å². The van der Waals surface area contributed by atoms with E-state index in [1.165, 1.54) is 0 Å². The Morgan fingerprint density at radius 3 is 2.47 bits per heavy atom. The number of carbonyl (C=O) groups is 2. The van der Waals surface area contributed by atoms with E-state index in [1.807, 2.05) is 46.8 Å². The molecule has 11 heteroatoms. The summed E-state index contributed by atoms with van der Waals surface area (Å²) in [5.74, 6) is -0.698. The number of nitrogens with zero attached hydrogens (tertiary/aromatic N) is 6. The second-order valence-electron chi connectivity index (χ2n) is 9.79. The predicted molar refractivity (Wildman–Crippen MR) is 143 cm³/mol. The van der Waals surface area contributed by atoms with Crippen LogP contribution in [0.2, 0.25) is 5.02 Å². The normalized spacial score (nSPS) is 12.1. The second-order valence-corrected chi connectivity index (χ2v) is 10.2. The summed E-state index contributed by atoms with van der Waals surface area (Å²) in [5.41, 5.74) is 3.68. The fraction of sp³-hybridized carbons (Fsp3) is 0.333. The summed E-state index contributed by atoms with van der Waals surface area (Å²) in [6.45, 7) is 10.1. The molecular formula is C27H29ClN8O2. The summed E-state index contributed by atoms with van der Waals surface area (Å²) in [7, 11) is 0. The summed E-state index contributed by atoms with van der Waals surface area (Å²) in [6.07, 6.45) is 1.80. The third-order valence-electron chi connectivity index (χ3n) is 6.05. The Morgan fingerprint density at radius 1 is 1.08 bits per heavy atom. The molecule has 4 rings (SSSR count). The van der Waals surface area contributed by atoms with Gasteiger partial charge in [-0.25, -0.2) is 0 Å². The van der Waals surface area contributed by atoms with Crippen LogP contribution in [0.1, 0.15) is 84.4 Å². The van der Waals surface area contributed by atoms with Gasteiger partial charge in [0.15, 0.2) is 5.69 Å². The molecule has 1 atom stereocenters. The maximum atomic E-state index is 13.3. The van der Waals surface area contributed by atoms with Gasteiger partial charge in [-0.1, -0.05) is 45.4 Å². The number of hydrogen-bond acceptors (Lipinski definition) is 6. The second kappa shape index (κ2) is 11.0. The van der Waals surface area contributed by atoms with E-state index < -0.39 is 11.8 Å². The molecule has 0 aliphatic rings. The van der Waals surface area contributed by atoms with Crippen LogP contribution in [0.3, 0.4) is 0 Å². The van der Waals surface area contributed by atoms with E-state index in [2.05, 4.69) is 25.7 Å². The van der Waals surface area contributed by atoms with Crippen molar-refractivity contribution in [3.63, 3.8) is 0 Å². The number of aromatic nitrogens is 6. The molecule has 0 aliphatic heterocycles. The van der Waals surface area contributed by atoms with Crippen molar-refractivity contribution in [1.82, 2.24) is 35.1 Å². The van der Waals surface area contributed by atoms with Crippen molar-refractivity contribution in [1.29, 1.82) is 5.26 Å². The van der Waals surface area contributed by atoms with E-state index in [0.29, 0.717) is 28.5 Å². The molecule has 0 bridgehead atoms. The van der Waals surface area contributed by atoms with Crippen molar-refractivity contribution in [2.45, 2.75) is 59.0 Å². The molecule has 0 unspecified atom stereocenters. The van der Waals surface area contributed by atoms with E-state index in [-0.39, 0.29) is 29.3 Å². The molecule has 0 saturated carbocycles. The molecule has 3 heterocycles. The van der Waals surface area contributed by atoms with Crippen molar-refractivity contribution in [3.05, 3.63) is 76.0 Å². The van der Waals surface area contributed by atoms with Gasteiger partial charge < -0.3 is 5.32 Å². The third-order valence-corrected chi connectivity index (χ3v) is 6.36. The minimum atomic E-state index is -0.476. The number of rotatable bonds is 8. The Labute approximate surface area is 225 Å². The molecule has 38 heavy (non-hydrogen) atoms. The highest BCUT2D eigenvalue weighted by Crippen LogP contribution is 2.24. The van der Waals surface area contributed by atoms with Gasteiger partial charge in [-0.15, -0.1) is 0 Å². The lowest BCUT2D eigenvalue weighted by atomic mass is 10.1. The molecule has 0 aliphatic carbocycles. The maximum absolute atomic E-state index is 13.3. The molecule has 1 aromatic carbocycles. The number of amides is 1. The average molecular weight is 533 g/mol. The summed E-state index contributed by atoms with van der Waals surface area (Å²) in [6, 6.07) is 12.0. The first kappa shape index (κ1) is 26.8. The first-order chi connectivity index (χ1) is 18.1. The quantitative estimate of drug-likeness (QED) is 0.336. The Morgan fingerprint density at radius 2 is 1.84 bits per heavy atom. The van der Waals surface area contributed by atoms with Crippen LogP contribution in [0.5, 0.6) is 0 Å². The van der Waals surface area contributed by atoms with E-state index in [9.17, 15) is 9.59 Å². The van der Waals surface area contributed by atoms with E-state index in [4.69, 9.17) is 16.9 Å². The zero-order valence-corrected chi connectivity index (χ0v) is 22.6. The van der Waals surface area contributed by atoms with Crippen LogP contribution >= 0.6 is 11.6 Å². The minimum absolute atomic E-state index is 0.0247. The monoisotopic (exact) mass is 532 g/mol. The molecule has 0 radical (unpaired) electrons. The smallest absolute Gasteiger partial charge is 0.299 e. The molecule has 196 valence electrons. The highest BCUT2D eigenvalue weighted by Gasteiger charge is 2.25. The SMILES string of the molecule is CC(C)c1cc(C(=O)N[C@@H](C)Cn2ccc(-c3ccc(C#N)c(Cl)c3)n2)n(C(=O)c2cc(C(C)C)[nH]n2)n1. The van der Waals surface area contributed by atoms with E-state index in [0.717, 1.165) is 15.9 Å². The molecule has 10 nitrogen and oxygen atoms in total. The Balaban J connectivity index is 1.49. The van der Waals surface area contributed by atoms with Gasteiger partial charge in [0.05, 0.1) is 28.5 Å². The fourth-order valence-corrected chi connectivity index (χ4v) is 4.08. The topological polar surface area (TPSA) is 134 Å². The number of H-pyrrole nitrogens is 1. The lowest BCUT2D eigenvalue weighted by molar-refractivity contribution is 0.0877. The largest absolute Gasteiger partial charge is 0.346 e. The van der Waals surface area contributed by atoms with Gasteiger partial charge in [0.2, 0.25) is 0 Å². The van der Waals surface area contributed by atoms with Crippen molar-refractivity contribution in [2.75, 3.05) is 0 Å². The number of halogens is 1. The van der Waals surface area contributed by atoms with Gasteiger partial charge in [-0.05, 0) is 49.1 Å². The fourth-order valence-electron chi connectivity index (χ4n) is 3.85. The number of nitrogens with one attached hydrogen (secondary N) is 2. The Kier molecular flexibility index (Phi) is 7.78. The van der Waals surface area contributed by atoms with Gasteiger partial charge in [0.25, 0.3) is 11.8 Å². The maximum Gasteiger partial charge on any atom is 0.299 e. The zero-order chi connectivity index (χ0) is 27.6. The zero-order valence-electron chi connectivity index (χ0n) is 21.9. The van der Waals surface area contributed by atoms with Crippen LogP contribution in [0, 0.1) is 11.3 Å². The van der Waals surface area contributed by atoms with Crippen molar-refractivity contribution >= 4 is 23.4 Å². The third kappa shape index (κ3) is 5.68. The molecule has 4 aromatic rings. The Hall–Kier alpha value is -4.23.